The summed E-state index contributed by atoms with van der Waals surface area (Å²) in [6.07, 6.45) is 0.744. The molecule has 1 fully saturated rings. The lowest BCUT2D eigenvalue weighted by molar-refractivity contribution is 0.0345. The molecule has 0 saturated carbocycles. The lowest BCUT2D eigenvalue weighted by Crippen LogP contribution is -2.50. The third kappa shape index (κ3) is 3.89. The van der Waals surface area contributed by atoms with E-state index in [2.05, 4.69) is 14.8 Å². The number of aromatic nitrogens is 1. The van der Waals surface area contributed by atoms with Gasteiger partial charge in [0.1, 0.15) is 4.88 Å². The van der Waals surface area contributed by atoms with Crippen molar-refractivity contribution in [2.75, 3.05) is 37.6 Å². The molecule has 1 N–H and O–H groups in total. The number of aliphatic hydroxyl groups is 1. The predicted molar refractivity (Wildman–Crippen MR) is 77.5 cm³/mol. The number of piperazine rings is 1. The van der Waals surface area contributed by atoms with Crippen molar-refractivity contribution in [2.45, 2.75) is 19.4 Å². The highest BCUT2D eigenvalue weighted by atomic mass is 35.5. The van der Waals surface area contributed by atoms with Gasteiger partial charge in [0.15, 0.2) is 16.6 Å². The maximum atomic E-state index is 10.8. The molecule has 0 aliphatic carbocycles. The standard InChI is InChI=1S/C12H18ClN3O2S/c1-12(2,18)8-15-3-5-16(6-4-15)11-14-10(13)9(7-17)19-11/h7,18H,3-6,8H2,1-2H3. The number of rotatable bonds is 4. The third-order valence-electron chi connectivity index (χ3n) is 2.96. The van der Waals surface area contributed by atoms with Crippen LogP contribution in [0.2, 0.25) is 5.15 Å². The molecule has 1 aliphatic rings. The van der Waals surface area contributed by atoms with Crippen LogP contribution in [-0.4, -0.2) is 59.6 Å². The molecule has 0 amide bonds. The minimum Gasteiger partial charge on any atom is -0.389 e. The summed E-state index contributed by atoms with van der Waals surface area (Å²) < 4.78 is 0. The number of carbonyl (C=O) groups excluding carboxylic acids is 1. The van der Waals surface area contributed by atoms with Crippen molar-refractivity contribution in [3.8, 4) is 0 Å². The van der Waals surface area contributed by atoms with Gasteiger partial charge < -0.3 is 10.0 Å². The van der Waals surface area contributed by atoms with Gasteiger partial charge in [-0.3, -0.25) is 9.69 Å². The van der Waals surface area contributed by atoms with Crippen LogP contribution in [0.25, 0.3) is 0 Å². The van der Waals surface area contributed by atoms with E-state index in [1.54, 1.807) is 0 Å². The van der Waals surface area contributed by atoms with Crippen molar-refractivity contribution in [3.05, 3.63) is 10.0 Å². The molecule has 1 saturated heterocycles. The first-order valence-electron chi connectivity index (χ1n) is 6.20. The van der Waals surface area contributed by atoms with Gasteiger partial charge in [-0.2, -0.15) is 0 Å². The second kappa shape index (κ2) is 5.75. The van der Waals surface area contributed by atoms with E-state index in [4.69, 9.17) is 11.6 Å². The lowest BCUT2D eigenvalue weighted by Gasteiger charge is -2.37. The normalized spacial score (nSPS) is 17.8. The van der Waals surface area contributed by atoms with E-state index in [1.165, 1.54) is 11.3 Å². The van der Waals surface area contributed by atoms with Gasteiger partial charge in [0.25, 0.3) is 0 Å². The van der Waals surface area contributed by atoms with Gasteiger partial charge in [-0.25, -0.2) is 4.98 Å². The first kappa shape index (κ1) is 14.7. The Bertz CT molecular complexity index is 450. The van der Waals surface area contributed by atoms with Gasteiger partial charge >= 0.3 is 0 Å². The summed E-state index contributed by atoms with van der Waals surface area (Å²) in [5, 5.41) is 10.9. The smallest absolute Gasteiger partial charge is 0.187 e. The minimum absolute atomic E-state index is 0.286. The molecule has 0 radical (unpaired) electrons. The summed E-state index contributed by atoms with van der Waals surface area (Å²) >= 11 is 7.21. The zero-order valence-corrected chi connectivity index (χ0v) is 12.7. The second-order valence-corrected chi connectivity index (χ2v) is 6.71. The highest BCUT2D eigenvalue weighted by Gasteiger charge is 2.24. The number of thiazole rings is 1. The summed E-state index contributed by atoms with van der Waals surface area (Å²) in [6, 6.07) is 0. The van der Waals surface area contributed by atoms with Crippen LogP contribution in [0.4, 0.5) is 5.13 Å². The van der Waals surface area contributed by atoms with Gasteiger partial charge in [0, 0.05) is 32.7 Å². The molecule has 0 spiro atoms. The van der Waals surface area contributed by atoms with Crippen LogP contribution < -0.4 is 4.90 Å². The molecule has 0 bridgehead atoms. The fourth-order valence-electron chi connectivity index (χ4n) is 2.15. The van der Waals surface area contributed by atoms with Crippen LogP contribution in [0.5, 0.6) is 0 Å². The molecule has 2 rings (SSSR count). The monoisotopic (exact) mass is 303 g/mol. The van der Waals surface area contributed by atoms with Crippen LogP contribution in [0.3, 0.4) is 0 Å². The Morgan fingerprint density at radius 1 is 1.42 bits per heavy atom. The van der Waals surface area contributed by atoms with Gasteiger partial charge in [0.2, 0.25) is 0 Å². The number of hydrogen-bond acceptors (Lipinski definition) is 6. The molecule has 1 aromatic heterocycles. The Morgan fingerprint density at radius 2 is 2.05 bits per heavy atom. The fourth-order valence-corrected chi connectivity index (χ4v) is 3.27. The fraction of sp³-hybridized carbons (Fsp3) is 0.667. The van der Waals surface area contributed by atoms with Crippen LogP contribution in [-0.2, 0) is 0 Å². The van der Waals surface area contributed by atoms with E-state index in [9.17, 15) is 9.90 Å². The minimum atomic E-state index is -0.669. The zero-order chi connectivity index (χ0) is 14.0. The Balaban J connectivity index is 1.94. The van der Waals surface area contributed by atoms with Gasteiger partial charge in [0.05, 0.1) is 5.60 Å². The number of anilines is 1. The third-order valence-corrected chi connectivity index (χ3v) is 4.40. The predicted octanol–water partition coefficient (Wildman–Crippen LogP) is 1.50. The number of β-amino-alcohol motifs (C(OH)–C–C–N with tert-alkyl or cyclic N) is 1. The molecule has 0 atom stereocenters. The molecule has 106 valence electrons. The van der Waals surface area contributed by atoms with E-state index < -0.39 is 5.60 Å². The van der Waals surface area contributed by atoms with Crippen molar-refractivity contribution in [3.63, 3.8) is 0 Å². The van der Waals surface area contributed by atoms with Crippen molar-refractivity contribution >= 4 is 34.4 Å². The molecule has 1 aromatic rings. The van der Waals surface area contributed by atoms with Crippen molar-refractivity contribution in [2.24, 2.45) is 0 Å². The van der Waals surface area contributed by atoms with E-state index in [0.717, 1.165) is 37.6 Å². The van der Waals surface area contributed by atoms with Crippen LogP contribution >= 0.6 is 22.9 Å². The summed E-state index contributed by atoms with van der Waals surface area (Å²) in [5.74, 6) is 0. The first-order chi connectivity index (χ1) is 8.89. The van der Waals surface area contributed by atoms with Crippen molar-refractivity contribution in [1.82, 2.24) is 9.88 Å². The Morgan fingerprint density at radius 3 is 2.53 bits per heavy atom. The number of aldehydes is 1. The lowest BCUT2D eigenvalue weighted by atomic mass is 10.1. The highest BCUT2D eigenvalue weighted by molar-refractivity contribution is 7.17. The highest BCUT2D eigenvalue weighted by Crippen LogP contribution is 2.29. The Labute approximate surface area is 121 Å². The molecule has 5 nitrogen and oxygen atoms in total. The SMILES string of the molecule is CC(C)(O)CN1CCN(c2nc(Cl)c(C=O)s2)CC1. The molecule has 1 aliphatic heterocycles. The maximum absolute atomic E-state index is 10.8. The van der Waals surface area contributed by atoms with Gasteiger partial charge in [-0.15, -0.1) is 0 Å². The maximum Gasteiger partial charge on any atom is 0.187 e. The quantitative estimate of drug-likeness (QED) is 0.854. The molecule has 0 aromatic carbocycles. The van der Waals surface area contributed by atoms with Crippen LogP contribution in [0.1, 0.15) is 23.5 Å². The van der Waals surface area contributed by atoms with Gasteiger partial charge in [-0.05, 0) is 13.8 Å². The molecular formula is C12H18ClN3O2S. The number of halogens is 1. The van der Waals surface area contributed by atoms with E-state index >= 15 is 0 Å². The molecule has 2 heterocycles. The number of hydrogen-bond donors (Lipinski definition) is 1. The number of nitrogens with zero attached hydrogens (tertiary/aromatic N) is 3. The summed E-state index contributed by atoms with van der Waals surface area (Å²) in [7, 11) is 0. The van der Waals surface area contributed by atoms with E-state index in [1.807, 2.05) is 13.8 Å². The molecule has 7 heteroatoms. The topological polar surface area (TPSA) is 56.7 Å². The van der Waals surface area contributed by atoms with E-state index in [0.29, 0.717) is 11.4 Å². The first-order valence-corrected chi connectivity index (χ1v) is 7.40. The van der Waals surface area contributed by atoms with Crippen LogP contribution in [0, 0.1) is 0 Å². The van der Waals surface area contributed by atoms with E-state index in [-0.39, 0.29) is 5.15 Å². The second-order valence-electron chi connectivity index (χ2n) is 5.34. The number of carbonyl (C=O) groups is 1. The Kier molecular flexibility index (Phi) is 4.45. The Hall–Kier alpha value is -0.690. The van der Waals surface area contributed by atoms with Crippen molar-refractivity contribution < 1.29 is 9.90 Å². The van der Waals surface area contributed by atoms with Gasteiger partial charge in [-0.1, -0.05) is 22.9 Å². The van der Waals surface area contributed by atoms with Crippen LogP contribution in [0.15, 0.2) is 0 Å². The molecule has 19 heavy (non-hydrogen) atoms. The average molecular weight is 304 g/mol. The average Bonchev–Trinajstić information content (AvgIpc) is 2.69. The summed E-state index contributed by atoms with van der Waals surface area (Å²) in [6.45, 7) is 7.71. The molecule has 0 unspecified atom stereocenters. The van der Waals surface area contributed by atoms with Crippen molar-refractivity contribution in [1.29, 1.82) is 0 Å². The summed E-state index contributed by atoms with van der Waals surface area (Å²) in [5.41, 5.74) is -0.669. The largest absolute Gasteiger partial charge is 0.389 e. The summed E-state index contributed by atoms with van der Waals surface area (Å²) in [4.78, 5) is 19.8. The molecular weight excluding hydrogens is 286 g/mol. The zero-order valence-electron chi connectivity index (χ0n) is 11.1.